The number of esters is 1. The van der Waals surface area contributed by atoms with Gasteiger partial charge < -0.3 is 14.4 Å². The Labute approximate surface area is 170 Å². The van der Waals surface area contributed by atoms with Crippen molar-refractivity contribution in [1.29, 1.82) is 5.26 Å². The lowest BCUT2D eigenvalue weighted by molar-refractivity contribution is -0.150. The number of hydrogen-bond acceptors (Lipinski definition) is 5. The van der Waals surface area contributed by atoms with Crippen molar-refractivity contribution in [3.05, 3.63) is 60.2 Å². The van der Waals surface area contributed by atoms with Gasteiger partial charge >= 0.3 is 5.97 Å². The number of ether oxygens (including phenoxy) is 2. The summed E-state index contributed by atoms with van der Waals surface area (Å²) in [5.41, 5.74) is 0.928. The first-order valence-electron chi connectivity index (χ1n) is 9.73. The van der Waals surface area contributed by atoms with Crippen LogP contribution in [0.25, 0.3) is 0 Å². The Bertz CT molecular complexity index is 883. The van der Waals surface area contributed by atoms with Crippen LogP contribution in [0.4, 0.5) is 5.69 Å². The molecular weight excluding hydrogens is 368 g/mol. The van der Waals surface area contributed by atoms with Gasteiger partial charge in [-0.3, -0.25) is 9.59 Å². The molecule has 0 heterocycles. The maximum Gasteiger partial charge on any atom is 0.317 e. The molecule has 1 aliphatic carbocycles. The number of carbonyl (C=O) groups is 2. The molecule has 0 saturated heterocycles. The van der Waals surface area contributed by atoms with Crippen molar-refractivity contribution < 1.29 is 19.1 Å². The molecule has 0 unspecified atom stereocenters. The van der Waals surface area contributed by atoms with E-state index in [4.69, 9.17) is 14.7 Å². The second-order valence-corrected chi connectivity index (χ2v) is 6.90. The van der Waals surface area contributed by atoms with Crippen LogP contribution in [0.3, 0.4) is 0 Å². The second-order valence-electron chi connectivity index (χ2n) is 6.90. The fraction of sp³-hybridized carbons (Fsp3) is 0.348. The lowest BCUT2D eigenvalue weighted by Crippen LogP contribution is -2.36. The van der Waals surface area contributed by atoms with Crippen molar-refractivity contribution >= 4 is 17.6 Å². The van der Waals surface area contributed by atoms with E-state index < -0.39 is 5.41 Å². The first kappa shape index (κ1) is 20.4. The molecule has 6 heteroatoms. The van der Waals surface area contributed by atoms with Gasteiger partial charge in [0, 0.05) is 12.2 Å². The average Bonchev–Trinajstić information content (AvgIpc) is 3.56. The van der Waals surface area contributed by atoms with E-state index in [9.17, 15) is 9.59 Å². The Hall–Kier alpha value is -3.33. The highest BCUT2D eigenvalue weighted by atomic mass is 16.5. The standard InChI is InChI=1S/C23H24N2O4/c1-2-28-20-11-9-19(10-12-20)25(16-6-15-24)21(26)17-29-22(27)23(13-14-23)18-7-4-3-5-8-18/h3-5,7-12H,2,6,13-14,16-17H2,1H3. The fourth-order valence-electron chi connectivity index (χ4n) is 3.28. The van der Waals surface area contributed by atoms with Gasteiger partial charge in [-0.2, -0.15) is 5.26 Å². The first-order chi connectivity index (χ1) is 14.1. The van der Waals surface area contributed by atoms with Crippen molar-refractivity contribution in [2.75, 3.05) is 24.7 Å². The number of carbonyl (C=O) groups excluding carboxylic acids is 2. The summed E-state index contributed by atoms with van der Waals surface area (Å²) in [6.45, 7) is 2.32. The molecular formula is C23H24N2O4. The molecule has 0 atom stereocenters. The van der Waals surface area contributed by atoms with Crippen molar-refractivity contribution in [3.63, 3.8) is 0 Å². The Kier molecular flexibility index (Phi) is 6.50. The Morgan fingerprint density at radius 1 is 1.10 bits per heavy atom. The molecule has 3 rings (SSSR count). The molecule has 0 bridgehead atoms. The van der Waals surface area contributed by atoms with E-state index in [1.54, 1.807) is 24.3 Å². The minimum Gasteiger partial charge on any atom is -0.494 e. The summed E-state index contributed by atoms with van der Waals surface area (Å²) in [4.78, 5) is 26.9. The van der Waals surface area contributed by atoms with Crippen LogP contribution in [-0.4, -0.2) is 31.6 Å². The molecule has 0 N–H and O–H groups in total. The number of anilines is 1. The van der Waals surface area contributed by atoms with E-state index in [1.165, 1.54) is 4.90 Å². The third kappa shape index (κ3) is 4.75. The average molecular weight is 392 g/mol. The van der Waals surface area contributed by atoms with Gasteiger partial charge in [-0.1, -0.05) is 30.3 Å². The van der Waals surface area contributed by atoms with E-state index in [0.29, 0.717) is 18.0 Å². The summed E-state index contributed by atoms with van der Waals surface area (Å²) < 4.78 is 10.8. The van der Waals surface area contributed by atoms with Crippen LogP contribution in [-0.2, 0) is 19.7 Å². The van der Waals surface area contributed by atoms with Gasteiger partial charge in [-0.05, 0) is 49.6 Å². The molecule has 0 spiro atoms. The summed E-state index contributed by atoms with van der Waals surface area (Å²) in [6, 6.07) is 18.6. The molecule has 1 aliphatic rings. The third-order valence-electron chi connectivity index (χ3n) is 5.00. The van der Waals surface area contributed by atoms with Crippen LogP contribution in [0.1, 0.15) is 31.7 Å². The Morgan fingerprint density at radius 2 is 1.79 bits per heavy atom. The molecule has 1 amide bonds. The highest BCUT2D eigenvalue weighted by molar-refractivity contribution is 5.96. The Balaban J connectivity index is 1.66. The van der Waals surface area contributed by atoms with Gasteiger partial charge in [-0.25, -0.2) is 0 Å². The van der Waals surface area contributed by atoms with Gasteiger partial charge in [0.15, 0.2) is 6.61 Å². The number of rotatable bonds is 9. The molecule has 1 saturated carbocycles. The van der Waals surface area contributed by atoms with Gasteiger partial charge in [0.2, 0.25) is 0 Å². The highest BCUT2D eigenvalue weighted by Crippen LogP contribution is 2.49. The van der Waals surface area contributed by atoms with Crippen molar-refractivity contribution in [3.8, 4) is 11.8 Å². The van der Waals surface area contributed by atoms with Gasteiger partial charge in [0.05, 0.1) is 24.5 Å². The number of nitrogens with zero attached hydrogens (tertiary/aromatic N) is 2. The van der Waals surface area contributed by atoms with E-state index in [2.05, 4.69) is 0 Å². The molecule has 0 radical (unpaired) electrons. The number of amides is 1. The van der Waals surface area contributed by atoms with E-state index in [0.717, 1.165) is 18.4 Å². The van der Waals surface area contributed by atoms with Crippen LogP contribution < -0.4 is 9.64 Å². The zero-order valence-electron chi connectivity index (χ0n) is 16.5. The lowest BCUT2D eigenvalue weighted by Gasteiger charge is -2.23. The first-order valence-corrected chi connectivity index (χ1v) is 9.73. The zero-order chi connectivity index (χ0) is 20.7. The minimum absolute atomic E-state index is 0.181. The van der Waals surface area contributed by atoms with Crippen molar-refractivity contribution in [1.82, 2.24) is 0 Å². The normalized spacial score (nSPS) is 13.8. The second kappa shape index (κ2) is 9.24. The third-order valence-corrected chi connectivity index (χ3v) is 5.00. The minimum atomic E-state index is -0.627. The van der Waals surface area contributed by atoms with Crippen molar-refractivity contribution in [2.24, 2.45) is 0 Å². The van der Waals surface area contributed by atoms with Gasteiger partial charge in [-0.15, -0.1) is 0 Å². The van der Waals surface area contributed by atoms with Crippen LogP contribution >= 0.6 is 0 Å². The largest absolute Gasteiger partial charge is 0.494 e. The van der Waals surface area contributed by atoms with Gasteiger partial charge in [0.1, 0.15) is 5.75 Å². The van der Waals surface area contributed by atoms with Crippen LogP contribution in [0, 0.1) is 11.3 Å². The van der Waals surface area contributed by atoms with Gasteiger partial charge in [0.25, 0.3) is 5.91 Å². The fourth-order valence-corrected chi connectivity index (χ4v) is 3.28. The number of nitriles is 1. The lowest BCUT2D eigenvalue weighted by atomic mass is 9.96. The predicted octanol–water partition coefficient (Wildman–Crippen LogP) is 3.61. The quantitative estimate of drug-likeness (QED) is 0.609. The Morgan fingerprint density at radius 3 is 2.38 bits per heavy atom. The summed E-state index contributed by atoms with van der Waals surface area (Å²) in [7, 11) is 0. The number of hydrogen-bond donors (Lipinski definition) is 0. The SMILES string of the molecule is CCOc1ccc(N(CCC#N)C(=O)COC(=O)C2(c3ccccc3)CC2)cc1. The molecule has 0 aliphatic heterocycles. The zero-order valence-corrected chi connectivity index (χ0v) is 16.5. The maximum absolute atomic E-state index is 12.8. The van der Waals surface area contributed by atoms with E-state index >= 15 is 0 Å². The monoisotopic (exact) mass is 392 g/mol. The predicted molar refractivity (Wildman–Crippen MR) is 109 cm³/mol. The smallest absolute Gasteiger partial charge is 0.317 e. The molecule has 2 aromatic carbocycles. The molecule has 1 fully saturated rings. The highest BCUT2D eigenvalue weighted by Gasteiger charge is 2.52. The molecule has 150 valence electrons. The van der Waals surface area contributed by atoms with E-state index in [-0.39, 0.29) is 31.4 Å². The summed E-state index contributed by atoms with van der Waals surface area (Å²) in [5.74, 6) is -0.0282. The molecule has 6 nitrogen and oxygen atoms in total. The maximum atomic E-state index is 12.8. The number of benzene rings is 2. The molecule has 29 heavy (non-hydrogen) atoms. The molecule has 2 aromatic rings. The van der Waals surface area contributed by atoms with Crippen LogP contribution in [0.5, 0.6) is 5.75 Å². The van der Waals surface area contributed by atoms with E-state index in [1.807, 2.05) is 43.3 Å². The topological polar surface area (TPSA) is 79.6 Å². The van der Waals surface area contributed by atoms with Crippen molar-refractivity contribution in [2.45, 2.75) is 31.6 Å². The summed E-state index contributed by atoms with van der Waals surface area (Å²) in [5, 5.41) is 8.92. The molecule has 0 aromatic heterocycles. The summed E-state index contributed by atoms with van der Waals surface area (Å²) >= 11 is 0. The van der Waals surface area contributed by atoms with Crippen LogP contribution in [0.2, 0.25) is 0 Å². The summed E-state index contributed by atoms with van der Waals surface area (Å²) in [6.07, 6.45) is 1.63. The van der Waals surface area contributed by atoms with Crippen LogP contribution in [0.15, 0.2) is 54.6 Å².